The van der Waals surface area contributed by atoms with Crippen molar-refractivity contribution in [2.75, 3.05) is 13.1 Å². The van der Waals surface area contributed by atoms with E-state index in [-0.39, 0.29) is 12.2 Å². The molecule has 0 spiro atoms. The minimum Gasteiger partial charge on any atom is -0.388 e. The van der Waals surface area contributed by atoms with Crippen LogP contribution in [-0.2, 0) is 0 Å². The van der Waals surface area contributed by atoms with Gasteiger partial charge < -0.3 is 15.0 Å². The van der Waals surface area contributed by atoms with Crippen LogP contribution in [0, 0.1) is 0 Å². The number of β-amino-alcohol motifs (C(OH)–C–C–N with tert-alkyl or cyclic N) is 1. The number of amides is 1. The zero-order valence-electron chi connectivity index (χ0n) is 9.32. The molecule has 2 rings (SSSR count). The van der Waals surface area contributed by atoms with Crippen molar-refractivity contribution in [1.82, 2.24) is 14.9 Å². The van der Waals surface area contributed by atoms with Crippen molar-refractivity contribution in [3.05, 3.63) is 32.6 Å². The summed E-state index contributed by atoms with van der Waals surface area (Å²) in [5.41, 5.74) is -2.30. The van der Waals surface area contributed by atoms with E-state index in [0.717, 1.165) is 6.07 Å². The molecule has 3 N–H and O–H groups in total. The smallest absolute Gasteiger partial charge is 0.326 e. The van der Waals surface area contributed by atoms with Crippen molar-refractivity contribution in [2.45, 2.75) is 18.9 Å². The summed E-state index contributed by atoms with van der Waals surface area (Å²) in [6, 6.07) is 1.04. The predicted octanol–water partition coefficient (Wildman–Crippen LogP) is -1.34. The standard InChI is InChI=1S/C10H13N3O4/c1-10(17)2-3-13(5-10)8(15)6-4-7(14)12-9(16)11-6/h4,17H,2-3,5H2,1H3,(H2,11,12,14,16). The highest BCUT2D eigenvalue weighted by atomic mass is 16.3. The average molecular weight is 239 g/mol. The molecule has 7 nitrogen and oxygen atoms in total. The Kier molecular flexibility index (Phi) is 2.62. The van der Waals surface area contributed by atoms with E-state index in [1.54, 1.807) is 6.92 Å². The zero-order chi connectivity index (χ0) is 12.6. The van der Waals surface area contributed by atoms with Crippen LogP contribution in [0.5, 0.6) is 0 Å². The number of hydrogen-bond acceptors (Lipinski definition) is 4. The van der Waals surface area contributed by atoms with E-state index in [1.165, 1.54) is 4.90 Å². The second-order valence-electron chi connectivity index (χ2n) is 4.48. The number of aromatic amines is 2. The predicted molar refractivity (Wildman–Crippen MR) is 58.8 cm³/mol. The van der Waals surface area contributed by atoms with Gasteiger partial charge in [-0.2, -0.15) is 0 Å². The number of nitrogens with one attached hydrogen (secondary N) is 2. The molecule has 0 aromatic carbocycles. The van der Waals surface area contributed by atoms with Gasteiger partial charge in [-0.3, -0.25) is 14.6 Å². The van der Waals surface area contributed by atoms with Crippen molar-refractivity contribution in [3.8, 4) is 0 Å². The van der Waals surface area contributed by atoms with E-state index in [4.69, 9.17) is 0 Å². The Balaban J connectivity index is 2.26. The Morgan fingerprint density at radius 1 is 1.47 bits per heavy atom. The van der Waals surface area contributed by atoms with Crippen LogP contribution < -0.4 is 11.2 Å². The van der Waals surface area contributed by atoms with Crippen LogP contribution in [0.25, 0.3) is 0 Å². The Morgan fingerprint density at radius 2 is 2.18 bits per heavy atom. The maximum Gasteiger partial charge on any atom is 0.326 e. The van der Waals surface area contributed by atoms with Crippen LogP contribution in [0.1, 0.15) is 23.8 Å². The number of likely N-dealkylation sites (tertiary alicyclic amines) is 1. The van der Waals surface area contributed by atoms with Gasteiger partial charge in [-0.15, -0.1) is 0 Å². The number of carbonyl (C=O) groups excluding carboxylic acids is 1. The van der Waals surface area contributed by atoms with Crippen molar-refractivity contribution >= 4 is 5.91 Å². The van der Waals surface area contributed by atoms with Gasteiger partial charge in [0.2, 0.25) is 0 Å². The summed E-state index contributed by atoms with van der Waals surface area (Å²) in [6.07, 6.45) is 0.478. The number of nitrogens with zero attached hydrogens (tertiary/aromatic N) is 1. The number of hydrogen-bond donors (Lipinski definition) is 3. The van der Waals surface area contributed by atoms with Gasteiger partial charge in [0.25, 0.3) is 11.5 Å². The first kappa shape index (κ1) is 11.6. The molecule has 0 radical (unpaired) electrons. The molecule has 1 atom stereocenters. The van der Waals surface area contributed by atoms with E-state index < -0.39 is 22.8 Å². The molecule has 1 saturated heterocycles. The van der Waals surface area contributed by atoms with Gasteiger partial charge in [0, 0.05) is 19.2 Å². The third-order valence-electron chi connectivity index (χ3n) is 2.73. The van der Waals surface area contributed by atoms with Crippen molar-refractivity contribution < 1.29 is 9.90 Å². The molecule has 0 aliphatic carbocycles. The summed E-state index contributed by atoms with van der Waals surface area (Å²) < 4.78 is 0. The molecule has 1 aromatic rings. The minimum absolute atomic E-state index is 0.0588. The fraction of sp³-hybridized carbons (Fsp3) is 0.500. The summed E-state index contributed by atoms with van der Waals surface area (Å²) in [5.74, 6) is -0.453. The molecule has 17 heavy (non-hydrogen) atoms. The second-order valence-corrected chi connectivity index (χ2v) is 4.48. The molecule has 1 aliphatic rings. The first-order valence-corrected chi connectivity index (χ1v) is 5.23. The third kappa shape index (κ3) is 2.44. The van der Waals surface area contributed by atoms with Gasteiger partial charge in [0.15, 0.2) is 0 Å². The van der Waals surface area contributed by atoms with Gasteiger partial charge in [-0.05, 0) is 13.3 Å². The van der Waals surface area contributed by atoms with Crippen LogP contribution in [0.15, 0.2) is 15.7 Å². The molecule has 1 amide bonds. The van der Waals surface area contributed by atoms with Crippen LogP contribution >= 0.6 is 0 Å². The summed E-state index contributed by atoms with van der Waals surface area (Å²) in [7, 11) is 0. The van der Waals surface area contributed by atoms with E-state index in [2.05, 4.69) is 4.98 Å². The number of H-pyrrole nitrogens is 2. The van der Waals surface area contributed by atoms with Gasteiger partial charge in [0.05, 0.1) is 5.60 Å². The van der Waals surface area contributed by atoms with Crippen molar-refractivity contribution in [3.63, 3.8) is 0 Å². The molecular formula is C10H13N3O4. The topological polar surface area (TPSA) is 106 Å². The first-order valence-electron chi connectivity index (χ1n) is 5.23. The Bertz CT molecular complexity index is 529. The molecule has 2 heterocycles. The highest BCUT2D eigenvalue weighted by Gasteiger charge is 2.34. The van der Waals surface area contributed by atoms with Gasteiger partial charge in [0.1, 0.15) is 5.69 Å². The zero-order valence-corrected chi connectivity index (χ0v) is 9.32. The molecule has 0 saturated carbocycles. The molecule has 92 valence electrons. The second kappa shape index (κ2) is 3.85. The van der Waals surface area contributed by atoms with E-state index in [9.17, 15) is 19.5 Å². The first-order chi connectivity index (χ1) is 7.87. The van der Waals surface area contributed by atoms with E-state index in [0.29, 0.717) is 13.0 Å². The average Bonchev–Trinajstić information content (AvgIpc) is 2.56. The van der Waals surface area contributed by atoms with Gasteiger partial charge in [-0.25, -0.2) is 4.79 Å². The lowest BCUT2D eigenvalue weighted by Gasteiger charge is -2.18. The van der Waals surface area contributed by atoms with Crippen LogP contribution in [-0.4, -0.2) is 44.6 Å². The summed E-state index contributed by atoms with van der Waals surface area (Å²) in [5, 5.41) is 9.74. The lowest BCUT2D eigenvalue weighted by atomic mass is 10.1. The lowest BCUT2D eigenvalue weighted by Crippen LogP contribution is -2.36. The summed E-state index contributed by atoms with van der Waals surface area (Å²) >= 11 is 0. The fourth-order valence-electron chi connectivity index (χ4n) is 1.87. The summed E-state index contributed by atoms with van der Waals surface area (Å²) in [4.78, 5) is 39.7. The van der Waals surface area contributed by atoms with E-state index >= 15 is 0 Å². The highest BCUT2D eigenvalue weighted by molar-refractivity contribution is 5.92. The number of carbonyl (C=O) groups is 1. The highest BCUT2D eigenvalue weighted by Crippen LogP contribution is 2.21. The fourth-order valence-corrected chi connectivity index (χ4v) is 1.87. The summed E-state index contributed by atoms with van der Waals surface area (Å²) in [6.45, 7) is 2.24. The third-order valence-corrected chi connectivity index (χ3v) is 2.73. The maximum absolute atomic E-state index is 11.9. The largest absolute Gasteiger partial charge is 0.388 e. The number of aromatic nitrogens is 2. The van der Waals surface area contributed by atoms with Gasteiger partial charge in [-0.1, -0.05) is 0 Å². The quantitative estimate of drug-likeness (QED) is 0.564. The lowest BCUT2D eigenvalue weighted by molar-refractivity contribution is 0.0568. The Morgan fingerprint density at radius 3 is 2.71 bits per heavy atom. The molecular weight excluding hydrogens is 226 g/mol. The SMILES string of the molecule is CC1(O)CCN(C(=O)c2cc(=O)[nH]c(=O)[nH]2)C1. The van der Waals surface area contributed by atoms with Crippen LogP contribution in [0.2, 0.25) is 0 Å². The van der Waals surface area contributed by atoms with Crippen molar-refractivity contribution in [1.29, 1.82) is 0 Å². The molecule has 1 unspecified atom stereocenters. The van der Waals surface area contributed by atoms with Crippen molar-refractivity contribution in [2.24, 2.45) is 0 Å². The normalized spacial score (nSPS) is 24.0. The van der Waals surface area contributed by atoms with E-state index in [1.807, 2.05) is 4.98 Å². The molecule has 1 fully saturated rings. The van der Waals surface area contributed by atoms with Crippen LogP contribution in [0.4, 0.5) is 0 Å². The molecule has 7 heteroatoms. The maximum atomic E-state index is 11.9. The Labute approximate surface area is 96.1 Å². The Hall–Kier alpha value is -1.89. The number of aliphatic hydroxyl groups is 1. The molecule has 0 bridgehead atoms. The van der Waals surface area contributed by atoms with Crippen LogP contribution in [0.3, 0.4) is 0 Å². The van der Waals surface area contributed by atoms with Gasteiger partial charge >= 0.3 is 5.69 Å². The molecule has 1 aromatic heterocycles. The number of rotatable bonds is 1. The molecule has 1 aliphatic heterocycles. The minimum atomic E-state index is -0.906. The monoisotopic (exact) mass is 239 g/mol.